The molecular weight excluding hydrogens is 170 g/mol. The van der Waals surface area contributed by atoms with Crippen LogP contribution < -0.4 is 0 Å². The lowest BCUT2D eigenvalue weighted by Crippen LogP contribution is -2.36. The average molecular weight is 186 g/mol. The number of ether oxygens (including phenoxy) is 2. The first-order valence-electron chi connectivity index (χ1n) is 4.58. The van der Waals surface area contributed by atoms with Gasteiger partial charge in [0.1, 0.15) is 7.11 Å². The summed E-state index contributed by atoms with van der Waals surface area (Å²) in [6.07, 6.45) is 1.30. The van der Waals surface area contributed by atoms with Gasteiger partial charge in [-0.05, 0) is 13.0 Å². The first-order valence-corrected chi connectivity index (χ1v) is 4.58. The molecular formula is C9H16NO3. The third-order valence-electron chi connectivity index (χ3n) is 2.12. The van der Waals surface area contributed by atoms with Crippen molar-refractivity contribution in [1.29, 1.82) is 0 Å². The molecule has 0 N–H and O–H groups in total. The molecule has 0 aromatic heterocycles. The van der Waals surface area contributed by atoms with Crippen LogP contribution in [-0.4, -0.2) is 43.7 Å². The standard InChI is InChI=1S/C9H16NO3/c1-12-9(11)3-2-4-10-5-7-13-8-6-10/h1-8H2. The van der Waals surface area contributed by atoms with Gasteiger partial charge in [0, 0.05) is 19.5 Å². The third kappa shape index (κ3) is 4.24. The van der Waals surface area contributed by atoms with Crippen LogP contribution in [0.5, 0.6) is 0 Å². The van der Waals surface area contributed by atoms with Crippen LogP contribution in [0.4, 0.5) is 0 Å². The number of carbonyl (C=O) groups is 1. The molecule has 0 amide bonds. The van der Waals surface area contributed by atoms with Crippen LogP contribution in [0, 0.1) is 7.11 Å². The van der Waals surface area contributed by atoms with Gasteiger partial charge < -0.3 is 9.47 Å². The summed E-state index contributed by atoms with van der Waals surface area (Å²) in [4.78, 5) is 13.0. The van der Waals surface area contributed by atoms with Gasteiger partial charge in [-0.2, -0.15) is 0 Å². The Kier molecular flexibility index (Phi) is 4.78. The van der Waals surface area contributed by atoms with E-state index in [0.717, 1.165) is 39.3 Å². The van der Waals surface area contributed by atoms with Crippen molar-refractivity contribution in [3.05, 3.63) is 7.11 Å². The number of esters is 1. The van der Waals surface area contributed by atoms with Crippen molar-refractivity contribution in [3.8, 4) is 0 Å². The van der Waals surface area contributed by atoms with Crippen molar-refractivity contribution < 1.29 is 14.3 Å². The minimum absolute atomic E-state index is 0.228. The maximum absolute atomic E-state index is 10.7. The molecule has 0 unspecified atom stereocenters. The molecule has 1 heterocycles. The summed E-state index contributed by atoms with van der Waals surface area (Å²) in [7, 11) is 3.07. The van der Waals surface area contributed by atoms with Crippen LogP contribution in [0.15, 0.2) is 0 Å². The van der Waals surface area contributed by atoms with Gasteiger partial charge in [-0.25, -0.2) is 0 Å². The third-order valence-corrected chi connectivity index (χ3v) is 2.12. The van der Waals surface area contributed by atoms with E-state index in [9.17, 15) is 4.79 Å². The lowest BCUT2D eigenvalue weighted by atomic mass is 10.3. The highest BCUT2D eigenvalue weighted by Gasteiger charge is 2.10. The molecule has 75 valence electrons. The Morgan fingerprint density at radius 3 is 2.77 bits per heavy atom. The SMILES string of the molecule is [CH2]OC(=O)CCCN1CCOCC1. The molecule has 13 heavy (non-hydrogen) atoms. The van der Waals surface area contributed by atoms with Gasteiger partial charge in [-0.15, -0.1) is 0 Å². The number of hydrogen-bond donors (Lipinski definition) is 0. The Morgan fingerprint density at radius 2 is 2.15 bits per heavy atom. The zero-order valence-corrected chi connectivity index (χ0v) is 7.83. The van der Waals surface area contributed by atoms with Crippen molar-refractivity contribution >= 4 is 5.97 Å². The van der Waals surface area contributed by atoms with Crippen LogP contribution in [0.25, 0.3) is 0 Å². The molecule has 0 spiro atoms. The van der Waals surface area contributed by atoms with Gasteiger partial charge >= 0.3 is 5.97 Å². The first-order chi connectivity index (χ1) is 6.33. The van der Waals surface area contributed by atoms with E-state index in [1.54, 1.807) is 0 Å². The van der Waals surface area contributed by atoms with Crippen molar-refractivity contribution in [2.24, 2.45) is 0 Å². The maximum Gasteiger partial charge on any atom is 0.305 e. The van der Waals surface area contributed by atoms with Crippen molar-refractivity contribution in [2.75, 3.05) is 32.8 Å². The predicted molar refractivity (Wildman–Crippen MR) is 47.9 cm³/mol. The summed E-state index contributed by atoms with van der Waals surface area (Å²) in [6.45, 7) is 4.50. The Hall–Kier alpha value is -0.610. The molecule has 1 aliphatic rings. The van der Waals surface area contributed by atoms with Crippen molar-refractivity contribution in [1.82, 2.24) is 4.90 Å². The van der Waals surface area contributed by atoms with E-state index in [0.29, 0.717) is 6.42 Å². The fourth-order valence-electron chi connectivity index (χ4n) is 1.34. The Bertz CT molecular complexity index is 155. The predicted octanol–water partition coefficient (Wildman–Crippen LogP) is 0.434. The quantitative estimate of drug-likeness (QED) is 0.597. The zero-order chi connectivity index (χ0) is 9.52. The number of morpholine rings is 1. The zero-order valence-electron chi connectivity index (χ0n) is 7.83. The van der Waals surface area contributed by atoms with E-state index in [4.69, 9.17) is 4.74 Å². The van der Waals surface area contributed by atoms with E-state index < -0.39 is 0 Å². The normalized spacial score (nSPS) is 18.5. The number of nitrogens with zero attached hydrogens (tertiary/aromatic N) is 1. The van der Waals surface area contributed by atoms with Crippen LogP contribution in [0.3, 0.4) is 0 Å². The average Bonchev–Trinajstić information content (AvgIpc) is 2.19. The fourth-order valence-corrected chi connectivity index (χ4v) is 1.34. The van der Waals surface area contributed by atoms with Gasteiger partial charge in [-0.1, -0.05) is 0 Å². The molecule has 0 aliphatic carbocycles. The van der Waals surface area contributed by atoms with Crippen LogP contribution in [-0.2, 0) is 14.3 Å². The van der Waals surface area contributed by atoms with Gasteiger partial charge in [0.05, 0.1) is 13.2 Å². The van der Waals surface area contributed by atoms with Gasteiger partial charge in [0.2, 0.25) is 0 Å². The van der Waals surface area contributed by atoms with E-state index in [-0.39, 0.29) is 5.97 Å². The molecule has 0 bridgehead atoms. The fraction of sp³-hybridized carbons (Fsp3) is 0.778. The number of hydrogen-bond acceptors (Lipinski definition) is 4. The largest absolute Gasteiger partial charge is 0.462 e. The van der Waals surface area contributed by atoms with E-state index >= 15 is 0 Å². The molecule has 0 saturated carbocycles. The minimum atomic E-state index is -0.228. The van der Waals surface area contributed by atoms with Crippen molar-refractivity contribution in [3.63, 3.8) is 0 Å². The van der Waals surface area contributed by atoms with E-state index in [2.05, 4.69) is 16.7 Å². The molecule has 1 saturated heterocycles. The molecule has 1 aliphatic heterocycles. The second kappa shape index (κ2) is 5.94. The summed E-state index contributed by atoms with van der Waals surface area (Å²) in [6, 6.07) is 0. The molecule has 4 heteroatoms. The number of carbonyl (C=O) groups excluding carboxylic acids is 1. The molecule has 4 nitrogen and oxygen atoms in total. The summed E-state index contributed by atoms with van der Waals surface area (Å²) in [5.74, 6) is -0.228. The summed E-state index contributed by atoms with van der Waals surface area (Å²) in [5, 5.41) is 0. The van der Waals surface area contributed by atoms with Gasteiger partial charge in [0.25, 0.3) is 0 Å². The highest BCUT2D eigenvalue weighted by molar-refractivity contribution is 5.69. The Morgan fingerprint density at radius 1 is 1.46 bits per heavy atom. The Labute approximate surface area is 78.8 Å². The lowest BCUT2D eigenvalue weighted by Gasteiger charge is -2.26. The van der Waals surface area contributed by atoms with Crippen LogP contribution in [0.2, 0.25) is 0 Å². The molecule has 0 atom stereocenters. The van der Waals surface area contributed by atoms with Gasteiger partial charge in [0.15, 0.2) is 0 Å². The van der Waals surface area contributed by atoms with E-state index in [1.807, 2.05) is 0 Å². The van der Waals surface area contributed by atoms with E-state index in [1.165, 1.54) is 0 Å². The second-order valence-corrected chi connectivity index (χ2v) is 3.07. The summed E-state index contributed by atoms with van der Waals surface area (Å²) >= 11 is 0. The van der Waals surface area contributed by atoms with Crippen LogP contribution in [0.1, 0.15) is 12.8 Å². The number of rotatable bonds is 4. The highest BCUT2D eigenvalue weighted by atomic mass is 16.5. The molecule has 1 radical (unpaired) electrons. The minimum Gasteiger partial charge on any atom is -0.462 e. The Balaban J connectivity index is 2.01. The maximum atomic E-state index is 10.7. The molecule has 0 aromatic rings. The lowest BCUT2D eigenvalue weighted by molar-refractivity contribution is -0.138. The smallest absolute Gasteiger partial charge is 0.305 e. The molecule has 1 fully saturated rings. The topological polar surface area (TPSA) is 38.8 Å². The van der Waals surface area contributed by atoms with Crippen molar-refractivity contribution in [2.45, 2.75) is 12.8 Å². The highest BCUT2D eigenvalue weighted by Crippen LogP contribution is 2.00. The second-order valence-electron chi connectivity index (χ2n) is 3.07. The first kappa shape index (κ1) is 10.5. The monoisotopic (exact) mass is 186 g/mol. The summed E-state index contributed by atoms with van der Waals surface area (Å²) in [5.41, 5.74) is 0. The molecule has 0 aromatic carbocycles. The van der Waals surface area contributed by atoms with Gasteiger partial charge in [-0.3, -0.25) is 9.69 Å². The van der Waals surface area contributed by atoms with Crippen LogP contribution >= 0.6 is 0 Å². The summed E-state index contributed by atoms with van der Waals surface area (Å²) < 4.78 is 9.51. The molecule has 1 rings (SSSR count).